The van der Waals surface area contributed by atoms with Gasteiger partial charge in [-0.25, -0.2) is 4.39 Å². The lowest BCUT2D eigenvalue weighted by atomic mass is 9.48. The summed E-state index contributed by atoms with van der Waals surface area (Å²) in [6, 6.07) is 6.94. The number of amidine groups is 1. The highest BCUT2D eigenvalue weighted by atomic mass is 19.1. The smallest absolute Gasteiger partial charge is 0.309 e. The molecule has 0 aromatic heterocycles. The van der Waals surface area contributed by atoms with Crippen LogP contribution in [0.4, 0.5) is 10.1 Å². The number of anilines is 1. The predicted molar refractivity (Wildman–Crippen MR) is 128 cm³/mol. The van der Waals surface area contributed by atoms with E-state index >= 15 is 0 Å². The van der Waals surface area contributed by atoms with E-state index in [-0.39, 0.29) is 23.7 Å². The number of carboxylic acid groups (broad SMARTS) is 1. The van der Waals surface area contributed by atoms with Gasteiger partial charge in [-0.05, 0) is 75.8 Å². The number of nitrogens with one attached hydrogen (secondary N) is 1. The Morgan fingerprint density at radius 2 is 1.82 bits per heavy atom. The third-order valence-electron chi connectivity index (χ3n) is 8.97. The van der Waals surface area contributed by atoms with Gasteiger partial charge in [-0.15, -0.1) is 0 Å². The summed E-state index contributed by atoms with van der Waals surface area (Å²) in [7, 11) is 0. The van der Waals surface area contributed by atoms with Crippen molar-refractivity contribution < 1.29 is 14.3 Å². The molecule has 4 aliphatic carbocycles. The molecule has 1 saturated heterocycles. The van der Waals surface area contributed by atoms with Crippen molar-refractivity contribution in [1.82, 2.24) is 10.2 Å². The molecule has 1 aromatic rings. The van der Waals surface area contributed by atoms with Gasteiger partial charge in [0.05, 0.1) is 22.7 Å². The quantitative estimate of drug-likeness (QED) is 0.298. The Kier molecular flexibility index (Phi) is 5.79. The molecule has 1 aliphatic heterocycles. The van der Waals surface area contributed by atoms with E-state index in [1.54, 1.807) is 6.07 Å². The number of para-hydroxylation sites is 1. The Labute approximate surface area is 200 Å². The summed E-state index contributed by atoms with van der Waals surface area (Å²) < 4.78 is 14.3. The second-order valence-corrected chi connectivity index (χ2v) is 11.2. The number of rotatable bonds is 5. The van der Waals surface area contributed by atoms with Crippen LogP contribution in [0.25, 0.3) is 0 Å². The molecule has 8 heteroatoms. The molecule has 34 heavy (non-hydrogen) atoms. The highest BCUT2D eigenvalue weighted by Gasteiger charge is 2.59. The number of hydrogen-bond donors (Lipinski definition) is 2. The van der Waals surface area contributed by atoms with Gasteiger partial charge in [0.25, 0.3) is 0 Å². The summed E-state index contributed by atoms with van der Waals surface area (Å²) >= 11 is 0. The molecule has 1 heterocycles. The minimum absolute atomic E-state index is 0.0684. The second kappa shape index (κ2) is 8.53. The van der Waals surface area contributed by atoms with Crippen LogP contribution in [0.15, 0.2) is 29.3 Å². The number of aliphatic carboxylic acids is 1. The number of piperazine rings is 1. The van der Waals surface area contributed by atoms with Crippen LogP contribution in [0, 0.1) is 40.4 Å². The van der Waals surface area contributed by atoms with E-state index in [9.17, 15) is 19.6 Å². The van der Waals surface area contributed by atoms with Crippen LogP contribution >= 0.6 is 0 Å². The Morgan fingerprint density at radius 3 is 2.41 bits per heavy atom. The fraction of sp³-hybridized carbons (Fsp3) is 0.654. The molecule has 0 radical (unpaired) electrons. The molecule has 182 valence electrons. The Morgan fingerprint density at radius 1 is 1.18 bits per heavy atom. The normalized spacial score (nSPS) is 33.6. The minimum Gasteiger partial charge on any atom is -0.481 e. The van der Waals surface area contributed by atoms with Crippen LogP contribution in [0.2, 0.25) is 0 Å². The molecule has 1 aromatic carbocycles. The lowest BCUT2D eigenvalue weighted by Crippen LogP contribution is -2.61. The average molecular weight is 468 g/mol. The zero-order valence-corrected chi connectivity index (χ0v) is 20.0. The maximum Gasteiger partial charge on any atom is 0.309 e. The van der Waals surface area contributed by atoms with Crippen molar-refractivity contribution in [1.29, 1.82) is 5.26 Å². The second-order valence-electron chi connectivity index (χ2n) is 11.2. The van der Waals surface area contributed by atoms with E-state index in [0.717, 1.165) is 32.4 Å². The maximum atomic E-state index is 14.3. The number of aliphatic imine (C=N–C) groups is 1. The van der Waals surface area contributed by atoms with Crippen LogP contribution < -0.4 is 10.2 Å². The molecule has 5 aliphatic rings. The standard InChI is InChI=1S/C26H34FN5O2/c1-25(2,32-9-7-31(8-10-32)21-6-4-3-5-20(21)27)23(29-16-28)30-22-18-11-17-12-19(22)15-26(13-17,14-18)24(33)34/h3-6,17-19,22H,7-15H2,1-2H3,(H,29,30)(H,33,34). The van der Waals surface area contributed by atoms with Crippen LogP contribution in [-0.2, 0) is 4.79 Å². The van der Waals surface area contributed by atoms with Gasteiger partial charge in [0.15, 0.2) is 6.19 Å². The van der Waals surface area contributed by atoms with Crippen molar-refractivity contribution in [3.05, 3.63) is 30.1 Å². The molecule has 5 fully saturated rings. The van der Waals surface area contributed by atoms with Crippen molar-refractivity contribution in [3.8, 4) is 6.19 Å². The largest absolute Gasteiger partial charge is 0.481 e. The van der Waals surface area contributed by atoms with E-state index in [0.29, 0.717) is 43.4 Å². The van der Waals surface area contributed by atoms with Crippen LogP contribution in [0.1, 0.15) is 46.0 Å². The number of benzene rings is 1. The summed E-state index contributed by atoms with van der Waals surface area (Å²) in [4.78, 5) is 21.6. The molecule has 0 spiro atoms. The number of nitriles is 1. The van der Waals surface area contributed by atoms with E-state index < -0.39 is 16.9 Å². The summed E-state index contributed by atoms with van der Waals surface area (Å²) in [6.07, 6.45) is 6.39. The SMILES string of the molecule is CC(C)(C(=NC1C2CC3CC1CC(C(=O)O)(C3)C2)NC#N)N1CCN(c2ccccc2F)CC1. The predicted octanol–water partition coefficient (Wildman–Crippen LogP) is 3.47. The number of nitrogens with zero attached hydrogens (tertiary/aromatic N) is 4. The molecule has 4 bridgehead atoms. The fourth-order valence-electron chi connectivity index (χ4n) is 7.38. The van der Waals surface area contributed by atoms with Gasteiger partial charge < -0.3 is 10.0 Å². The first-order valence-electron chi connectivity index (χ1n) is 12.4. The number of carbonyl (C=O) groups is 1. The van der Waals surface area contributed by atoms with Gasteiger partial charge in [-0.3, -0.25) is 20.0 Å². The molecule has 2 unspecified atom stereocenters. The molecular weight excluding hydrogens is 433 g/mol. The first kappa shape index (κ1) is 23.1. The topological polar surface area (TPSA) is 92.0 Å². The van der Waals surface area contributed by atoms with E-state index in [1.165, 1.54) is 6.07 Å². The van der Waals surface area contributed by atoms with Crippen molar-refractivity contribution in [2.45, 2.75) is 57.5 Å². The van der Waals surface area contributed by atoms with E-state index in [2.05, 4.69) is 35.2 Å². The molecule has 7 nitrogen and oxygen atoms in total. The molecule has 2 N–H and O–H groups in total. The van der Waals surface area contributed by atoms with Crippen molar-refractivity contribution in [2.75, 3.05) is 31.1 Å². The highest BCUT2D eigenvalue weighted by Crippen LogP contribution is 2.61. The minimum atomic E-state index is -0.641. The Balaban J connectivity index is 1.33. The van der Waals surface area contributed by atoms with Crippen LogP contribution in [-0.4, -0.2) is 59.6 Å². The van der Waals surface area contributed by atoms with Crippen molar-refractivity contribution in [3.63, 3.8) is 0 Å². The zero-order valence-electron chi connectivity index (χ0n) is 20.0. The van der Waals surface area contributed by atoms with Gasteiger partial charge >= 0.3 is 5.97 Å². The monoisotopic (exact) mass is 467 g/mol. The lowest BCUT2D eigenvalue weighted by molar-refractivity contribution is -0.166. The maximum absolute atomic E-state index is 14.3. The first-order chi connectivity index (χ1) is 16.2. The summed E-state index contributed by atoms with van der Waals surface area (Å²) in [5.74, 6) is 0.851. The third-order valence-corrected chi connectivity index (χ3v) is 8.97. The lowest BCUT2D eigenvalue weighted by Gasteiger charge is -2.57. The molecule has 4 saturated carbocycles. The average Bonchev–Trinajstić information content (AvgIpc) is 2.80. The number of halogens is 1. The highest BCUT2D eigenvalue weighted by molar-refractivity contribution is 5.92. The van der Waals surface area contributed by atoms with Crippen LogP contribution in [0.3, 0.4) is 0 Å². The van der Waals surface area contributed by atoms with Crippen LogP contribution in [0.5, 0.6) is 0 Å². The van der Waals surface area contributed by atoms with Gasteiger partial charge in [0.2, 0.25) is 0 Å². The van der Waals surface area contributed by atoms with E-state index in [4.69, 9.17) is 4.99 Å². The Hall–Kier alpha value is -2.66. The summed E-state index contributed by atoms with van der Waals surface area (Å²) in [5.41, 5.74) is -0.426. The van der Waals surface area contributed by atoms with E-state index in [1.807, 2.05) is 12.1 Å². The van der Waals surface area contributed by atoms with Gasteiger partial charge in [-0.1, -0.05) is 12.1 Å². The van der Waals surface area contributed by atoms with Crippen molar-refractivity contribution >= 4 is 17.5 Å². The van der Waals surface area contributed by atoms with Gasteiger partial charge in [0.1, 0.15) is 11.7 Å². The molecule has 6 rings (SSSR count). The first-order valence-corrected chi connectivity index (χ1v) is 12.4. The Bertz CT molecular complexity index is 1010. The summed E-state index contributed by atoms with van der Waals surface area (Å²) in [5, 5.41) is 22.3. The number of carboxylic acids is 1. The molecule has 2 atom stereocenters. The molecular formula is C26H34FN5O2. The molecule has 0 amide bonds. The fourth-order valence-corrected chi connectivity index (χ4v) is 7.38. The zero-order chi connectivity index (χ0) is 24.1. The number of hydrogen-bond acceptors (Lipinski definition) is 5. The third kappa shape index (κ3) is 3.84. The van der Waals surface area contributed by atoms with Crippen molar-refractivity contribution in [2.24, 2.45) is 28.2 Å². The summed E-state index contributed by atoms with van der Waals surface area (Å²) in [6.45, 7) is 7.03. The van der Waals surface area contributed by atoms with Gasteiger partial charge in [-0.2, -0.15) is 5.26 Å². The van der Waals surface area contributed by atoms with Gasteiger partial charge in [0, 0.05) is 26.2 Å².